The molecular weight excluding hydrogens is 300 g/mol. The molecule has 17 heavy (non-hydrogen) atoms. The van der Waals surface area contributed by atoms with E-state index in [1.165, 1.54) is 10.4 Å². The number of nitrogens with two attached hydrogens (primary N) is 1. The van der Waals surface area contributed by atoms with Gasteiger partial charge in [-0.3, -0.25) is 10.1 Å². The molecule has 0 saturated heterocycles. The summed E-state index contributed by atoms with van der Waals surface area (Å²) in [6.07, 6.45) is 3.36. The molecule has 1 amide bonds. The van der Waals surface area contributed by atoms with Crippen LogP contribution < -0.4 is 11.1 Å². The van der Waals surface area contributed by atoms with Crippen LogP contribution in [-0.4, -0.2) is 11.4 Å². The number of thiophene rings is 1. The maximum atomic E-state index is 11.4. The minimum absolute atomic E-state index is 0.240. The van der Waals surface area contributed by atoms with E-state index >= 15 is 0 Å². The molecule has 0 aromatic carbocycles. The number of rotatable bonds is 3. The summed E-state index contributed by atoms with van der Waals surface area (Å²) in [5, 5.41) is 3.38. The van der Waals surface area contributed by atoms with E-state index in [-0.39, 0.29) is 11.9 Å². The number of aryl methyl sites for hydroxylation is 1. The highest BCUT2D eigenvalue weighted by atomic mass is 79.9. The minimum atomic E-state index is -0.659. The molecule has 1 aromatic heterocycles. The zero-order valence-electron chi connectivity index (χ0n) is 10.0. The van der Waals surface area contributed by atoms with Gasteiger partial charge >= 0.3 is 0 Å². The lowest BCUT2D eigenvalue weighted by atomic mass is 9.91. The third kappa shape index (κ3) is 2.72. The Bertz CT molecular complexity index is 442. The van der Waals surface area contributed by atoms with Gasteiger partial charge in [-0.05, 0) is 60.7 Å². The molecule has 2 rings (SSSR count). The zero-order valence-corrected chi connectivity index (χ0v) is 12.5. The fraction of sp³-hybridized carbons (Fsp3) is 0.583. The van der Waals surface area contributed by atoms with Crippen molar-refractivity contribution in [2.75, 3.05) is 0 Å². The average molecular weight is 317 g/mol. The molecule has 0 bridgehead atoms. The van der Waals surface area contributed by atoms with Crippen molar-refractivity contribution < 1.29 is 4.79 Å². The summed E-state index contributed by atoms with van der Waals surface area (Å²) in [6.45, 7) is 3.68. The molecule has 0 aliphatic heterocycles. The minimum Gasteiger partial charge on any atom is -0.368 e. The maximum absolute atomic E-state index is 11.4. The van der Waals surface area contributed by atoms with Gasteiger partial charge in [-0.2, -0.15) is 0 Å². The normalized spacial score (nSPS) is 20.1. The zero-order chi connectivity index (χ0) is 12.6. The molecule has 1 aliphatic rings. The first-order valence-electron chi connectivity index (χ1n) is 5.76. The SMILES string of the molecule is CC(C)(NC1CCCc2sc(Br)cc21)C(N)=O. The number of carbonyl (C=O) groups excluding carboxylic acids is 1. The van der Waals surface area contributed by atoms with Crippen LogP contribution in [0.15, 0.2) is 9.85 Å². The predicted octanol–water partition coefficient (Wildman–Crippen LogP) is 2.74. The molecule has 1 aromatic rings. The van der Waals surface area contributed by atoms with E-state index in [2.05, 4.69) is 27.3 Å². The molecule has 1 aliphatic carbocycles. The lowest BCUT2D eigenvalue weighted by Gasteiger charge is -2.31. The molecule has 1 unspecified atom stereocenters. The second-order valence-electron chi connectivity index (χ2n) is 5.01. The summed E-state index contributed by atoms with van der Waals surface area (Å²) in [5.74, 6) is -0.307. The second kappa shape index (κ2) is 4.71. The highest BCUT2D eigenvalue weighted by Gasteiger charge is 2.31. The Hall–Kier alpha value is -0.390. The van der Waals surface area contributed by atoms with Crippen molar-refractivity contribution >= 4 is 33.2 Å². The van der Waals surface area contributed by atoms with Crippen molar-refractivity contribution in [1.82, 2.24) is 5.32 Å². The monoisotopic (exact) mass is 316 g/mol. The van der Waals surface area contributed by atoms with Crippen LogP contribution in [0, 0.1) is 0 Å². The summed E-state index contributed by atoms with van der Waals surface area (Å²) in [6, 6.07) is 2.40. The van der Waals surface area contributed by atoms with Crippen molar-refractivity contribution in [3.63, 3.8) is 0 Å². The van der Waals surface area contributed by atoms with Gasteiger partial charge in [0.1, 0.15) is 0 Å². The van der Waals surface area contributed by atoms with E-state index in [4.69, 9.17) is 5.73 Å². The van der Waals surface area contributed by atoms with Gasteiger partial charge in [0.2, 0.25) is 5.91 Å². The molecule has 0 fully saturated rings. The molecule has 3 N–H and O–H groups in total. The van der Waals surface area contributed by atoms with Crippen molar-refractivity contribution in [1.29, 1.82) is 0 Å². The predicted molar refractivity (Wildman–Crippen MR) is 74.1 cm³/mol. The fourth-order valence-corrected chi connectivity index (χ4v) is 4.00. The average Bonchev–Trinajstić information content (AvgIpc) is 2.59. The third-order valence-electron chi connectivity index (χ3n) is 3.23. The lowest BCUT2D eigenvalue weighted by molar-refractivity contribution is -0.123. The van der Waals surface area contributed by atoms with Crippen molar-refractivity contribution in [3.05, 3.63) is 20.3 Å². The summed E-state index contributed by atoms with van der Waals surface area (Å²) in [5.41, 5.74) is 6.07. The Labute approximate surface area is 114 Å². The van der Waals surface area contributed by atoms with Crippen molar-refractivity contribution in [3.8, 4) is 0 Å². The third-order valence-corrected chi connectivity index (χ3v) is 4.95. The van der Waals surface area contributed by atoms with Crippen LogP contribution in [0.4, 0.5) is 0 Å². The maximum Gasteiger partial charge on any atom is 0.237 e. The summed E-state index contributed by atoms with van der Waals surface area (Å²) in [4.78, 5) is 12.8. The molecule has 1 atom stereocenters. The van der Waals surface area contributed by atoms with Gasteiger partial charge in [-0.1, -0.05) is 0 Å². The number of fused-ring (bicyclic) bond motifs is 1. The van der Waals surface area contributed by atoms with Crippen LogP contribution in [0.25, 0.3) is 0 Å². The van der Waals surface area contributed by atoms with Crippen LogP contribution in [0.5, 0.6) is 0 Å². The van der Waals surface area contributed by atoms with Gasteiger partial charge in [0.05, 0.1) is 9.33 Å². The summed E-state index contributed by atoms with van der Waals surface area (Å²) < 4.78 is 1.16. The summed E-state index contributed by atoms with van der Waals surface area (Å²) in [7, 11) is 0. The van der Waals surface area contributed by atoms with Gasteiger partial charge < -0.3 is 5.73 Å². The van der Waals surface area contributed by atoms with Gasteiger partial charge in [-0.15, -0.1) is 11.3 Å². The smallest absolute Gasteiger partial charge is 0.237 e. The largest absolute Gasteiger partial charge is 0.368 e. The van der Waals surface area contributed by atoms with Crippen LogP contribution in [0.3, 0.4) is 0 Å². The molecule has 94 valence electrons. The van der Waals surface area contributed by atoms with Crippen LogP contribution in [0.2, 0.25) is 0 Å². The van der Waals surface area contributed by atoms with Crippen LogP contribution in [0.1, 0.15) is 43.2 Å². The second-order valence-corrected chi connectivity index (χ2v) is 7.52. The van der Waals surface area contributed by atoms with E-state index in [1.54, 1.807) is 11.3 Å². The highest BCUT2D eigenvalue weighted by Crippen LogP contribution is 2.38. The number of hydrogen-bond donors (Lipinski definition) is 2. The van der Waals surface area contributed by atoms with Gasteiger partial charge in [0.15, 0.2) is 0 Å². The summed E-state index contributed by atoms with van der Waals surface area (Å²) >= 11 is 5.32. The van der Waals surface area contributed by atoms with Gasteiger partial charge in [-0.25, -0.2) is 0 Å². The number of carbonyl (C=O) groups is 1. The Balaban J connectivity index is 2.21. The van der Waals surface area contributed by atoms with Crippen molar-refractivity contribution in [2.45, 2.75) is 44.7 Å². The van der Waals surface area contributed by atoms with E-state index in [0.29, 0.717) is 0 Å². The van der Waals surface area contributed by atoms with Crippen LogP contribution in [-0.2, 0) is 11.2 Å². The Kier molecular flexibility index (Phi) is 3.61. The number of halogens is 1. The number of nitrogens with one attached hydrogen (secondary N) is 1. The topological polar surface area (TPSA) is 55.1 Å². The molecule has 0 radical (unpaired) electrons. The Morgan fingerprint density at radius 2 is 2.35 bits per heavy atom. The first kappa shape index (κ1) is 13.1. The highest BCUT2D eigenvalue weighted by molar-refractivity contribution is 9.11. The molecule has 3 nitrogen and oxygen atoms in total. The van der Waals surface area contributed by atoms with Crippen LogP contribution >= 0.6 is 27.3 Å². The molecule has 0 spiro atoms. The van der Waals surface area contributed by atoms with Gasteiger partial charge in [0, 0.05) is 10.9 Å². The van der Waals surface area contributed by atoms with E-state index in [0.717, 1.165) is 23.0 Å². The number of amides is 1. The van der Waals surface area contributed by atoms with E-state index in [9.17, 15) is 4.79 Å². The first-order chi connectivity index (χ1) is 7.90. The molecule has 1 heterocycles. The van der Waals surface area contributed by atoms with E-state index in [1.807, 2.05) is 13.8 Å². The number of primary amides is 1. The van der Waals surface area contributed by atoms with E-state index < -0.39 is 5.54 Å². The van der Waals surface area contributed by atoms with Crippen molar-refractivity contribution in [2.24, 2.45) is 5.73 Å². The van der Waals surface area contributed by atoms with Gasteiger partial charge in [0.25, 0.3) is 0 Å². The quantitative estimate of drug-likeness (QED) is 0.901. The Morgan fingerprint density at radius 3 is 3.00 bits per heavy atom. The first-order valence-corrected chi connectivity index (χ1v) is 7.37. The lowest BCUT2D eigenvalue weighted by Crippen LogP contribution is -2.52. The Morgan fingerprint density at radius 1 is 1.65 bits per heavy atom. The molecule has 5 heteroatoms. The number of hydrogen-bond acceptors (Lipinski definition) is 3. The molecular formula is C12H17BrN2OS. The molecule has 0 saturated carbocycles. The standard InChI is InChI=1S/C12H17BrN2OS/c1-12(2,11(14)16)15-8-4-3-5-9-7(8)6-10(13)17-9/h6,8,15H,3-5H2,1-2H3,(H2,14,16). The fourth-order valence-electron chi connectivity index (χ4n) is 2.18.